The molecule has 0 N–H and O–H groups in total. The van der Waals surface area contributed by atoms with Crippen molar-refractivity contribution in [3.8, 4) is 5.75 Å². The molecule has 0 spiro atoms. The van der Waals surface area contributed by atoms with Gasteiger partial charge in [-0.25, -0.2) is 4.39 Å². The number of rotatable bonds is 9. The van der Waals surface area contributed by atoms with E-state index in [1.807, 2.05) is 0 Å². The number of ether oxygens (including phenoxy) is 2. The molecule has 0 atom stereocenters. The lowest BCUT2D eigenvalue weighted by Gasteiger charge is -2.21. The van der Waals surface area contributed by atoms with E-state index in [1.165, 1.54) is 17.3 Å². The van der Waals surface area contributed by atoms with Crippen LogP contribution < -0.4 is 9.64 Å². The molecule has 0 aromatic heterocycles. The van der Waals surface area contributed by atoms with E-state index in [0.717, 1.165) is 31.5 Å². The van der Waals surface area contributed by atoms with Crippen LogP contribution >= 0.6 is 0 Å². The van der Waals surface area contributed by atoms with Crippen molar-refractivity contribution in [2.24, 2.45) is 0 Å². The number of anilines is 1. The Morgan fingerprint density at radius 3 is 2.79 bits per heavy atom. The molecule has 0 unspecified atom stereocenters. The van der Waals surface area contributed by atoms with Crippen LogP contribution in [0.25, 0.3) is 0 Å². The summed E-state index contributed by atoms with van der Waals surface area (Å²) in [5.74, 6) is -0.167. The Balaban J connectivity index is 1.64. The van der Waals surface area contributed by atoms with E-state index in [4.69, 9.17) is 9.47 Å². The summed E-state index contributed by atoms with van der Waals surface area (Å²) in [5, 5.41) is 0. The molecule has 1 heterocycles. The minimum Gasteiger partial charge on any atom is -0.489 e. The minimum absolute atomic E-state index is 0.175. The first-order valence-electron chi connectivity index (χ1n) is 10.0. The molecule has 150 valence electrons. The first kappa shape index (κ1) is 20.2. The van der Waals surface area contributed by atoms with Crippen LogP contribution in [0.4, 0.5) is 10.1 Å². The van der Waals surface area contributed by atoms with Gasteiger partial charge in [-0.05, 0) is 43.4 Å². The molecule has 3 rings (SSSR count). The van der Waals surface area contributed by atoms with Crippen LogP contribution in [0.2, 0.25) is 0 Å². The Labute approximate surface area is 166 Å². The maximum absolute atomic E-state index is 14.4. The second-order valence-electron chi connectivity index (χ2n) is 7.01. The van der Waals surface area contributed by atoms with Gasteiger partial charge in [0.05, 0.1) is 6.61 Å². The van der Waals surface area contributed by atoms with Crippen LogP contribution in [0.3, 0.4) is 0 Å². The molecular weight excluding hydrogens is 357 g/mol. The summed E-state index contributed by atoms with van der Waals surface area (Å²) in [7, 11) is 0. The standard InChI is InChI=1S/C23H28FNO3/c1-3-13-25-14-12-18-6-5-7-19(23(18)25)16-28-20-10-8-17(21(24)15-20)9-11-22(26)27-4-2/h5-8,10,15H,3-4,9,11-14,16H2,1-2H3. The van der Waals surface area contributed by atoms with Gasteiger partial charge in [0.1, 0.15) is 18.2 Å². The molecule has 1 aliphatic heterocycles. The SMILES string of the molecule is CCCN1CCc2cccc(COc3ccc(CCC(=O)OCC)c(F)c3)c21. The largest absolute Gasteiger partial charge is 0.489 e. The van der Waals surface area contributed by atoms with E-state index >= 15 is 0 Å². The average molecular weight is 385 g/mol. The number of aryl methyl sites for hydroxylation is 1. The highest BCUT2D eigenvalue weighted by molar-refractivity contribution is 5.69. The minimum atomic E-state index is -0.354. The molecule has 4 nitrogen and oxygen atoms in total. The van der Waals surface area contributed by atoms with Gasteiger partial charge in [-0.3, -0.25) is 4.79 Å². The molecule has 2 aromatic rings. The third kappa shape index (κ3) is 4.83. The van der Waals surface area contributed by atoms with E-state index in [-0.39, 0.29) is 18.2 Å². The number of hydrogen-bond donors (Lipinski definition) is 0. The smallest absolute Gasteiger partial charge is 0.306 e. The number of nitrogens with zero attached hydrogens (tertiary/aromatic N) is 1. The van der Waals surface area contributed by atoms with Crippen molar-refractivity contribution in [1.29, 1.82) is 0 Å². The lowest BCUT2D eigenvalue weighted by molar-refractivity contribution is -0.143. The van der Waals surface area contributed by atoms with Crippen LogP contribution in [-0.2, 0) is 29.0 Å². The fourth-order valence-electron chi connectivity index (χ4n) is 3.68. The fourth-order valence-corrected chi connectivity index (χ4v) is 3.68. The predicted molar refractivity (Wildman–Crippen MR) is 108 cm³/mol. The van der Waals surface area contributed by atoms with Crippen LogP contribution in [0.5, 0.6) is 5.75 Å². The molecule has 0 radical (unpaired) electrons. The highest BCUT2D eigenvalue weighted by atomic mass is 19.1. The number of hydrogen-bond acceptors (Lipinski definition) is 4. The maximum Gasteiger partial charge on any atom is 0.306 e. The average Bonchev–Trinajstić information content (AvgIpc) is 3.10. The zero-order valence-corrected chi connectivity index (χ0v) is 16.7. The van der Waals surface area contributed by atoms with Crippen molar-refractivity contribution in [2.45, 2.75) is 46.1 Å². The maximum atomic E-state index is 14.4. The quantitative estimate of drug-likeness (QED) is 0.588. The Kier molecular flexibility index (Phi) is 6.90. The molecule has 0 fully saturated rings. The third-order valence-corrected chi connectivity index (χ3v) is 4.99. The van der Waals surface area contributed by atoms with E-state index < -0.39 is 0 Å². The zero-order chi connectivity index (χ0) is 19.9. The monoisotopic (exact) mass is 385 g/mol. The zero-order valence-electron chi connectivity index (χ0n) is 16.7. The van der Waals surface area contributed by atoms with Gasteiger partial charge < -0.3 is 14.4 Å². The number of esters is 1. The molecule has 28 heavy (non-hydrogen) atoms. The molecule has 2 aromatic carbocycles. The first-order chi connectivity index (χ1) is 13.6. The Morgan fingerprint density at radius 1 is 1.18 bits per heavy atom. The van der Waals surface area contributed by atoms with Crippen LogP contribution in [-0.4, -0.2) is 25.7 Å². The molecule has 5 heteroatoms. The van der Waals surface area contributed by atoms with Crippen molar-refractivity contribution < 1.29 is 18.7 Å². The van der Waals surface area contributed by atoms with Crippen LogP contribution in [0.15, 0.2) is 36.4 Å². The number of halogens is 1. The second-order valence-corrected chi connectivity index (χ2v) is 7.01. The molecule has 0 aliphatic carbocycles. The van der Waals surface area contributed by atoms with Crippen molar-refractivity contribution in [1.82, 2.24) is 0 Å². The second kappa shape index (κ2) is 9.58. The van der Waals surface area contributed by atoms with E-state index in [1.54, 1.807) is 19.1 Å². The van der Waals surface area contributed by atoms with Gasteiger partial charge in [-0.1, -0.05) is 31.2 Å². The van der Waals surface area contributed by atoms with Gasteiger partial charge in [0, 0.05) is 36.8 Å². The summed E-state index contributed by atoms with van der Waals surface area (Å²) >= 11 is 0. The number of carbonyl (C=O) groups is 1. The molecule has 0 bridgehead atoms. The van der Waals surface area contributed by atoms with Gasteiger partial charge in [-0.15, -0.1) is 0 Å². The number of fused-ring (bicyclic) bond motifs is 1. The van der Waals surface area contributed by atoms with Crippen LogP contribution in [0, 0.1) is 5.82 Å². The van der Waals surface area contributed by atoms with Crippen molar-refractivity contribution in [2.75, 3.05) is 24.6 Å². The molecule has 0 amide bonds. The highest BCUT2D eigenvalue weighted by Gasteiger charge is 2.21. The third-order valence-electron chi connectivity index (χ3n) is 4.99. The van der Waals surface area contributed by atoms with E-state index in [9.17, 15) is 9.18 Å². The molecule has 0 saturated heterocycles. The predicted octanol–water partition coefficient (Wildman–Crippen LogP) is 4.67. The number of benzene rings is 2. The Hall–Kier alpha value is -2.56. The molecule has 1 aliphatic rings. The summed E-state index contributed by atoms with van der Waals surface area (Å²) < 4.78 is 25.1. The summed E-state index contributed by atoms with van der Waals surface area (Å²) in [6, 6.07) is 11.2. The summed E-state index contributed by atoms with van der Waals surface area (Å²) in [4.78, 5) is 13.9. The van der Waals surface area contributed by atoms with Gasteiger partial charge in [0.2, 0.25) is 0 Å². The van der Waals surface area contributed by atoms with Crippen molar-refractivity contribution in [3.63, 3.8) is 0 Å². The van der Waals surface area contributed by atoms with E-state index in [2.05, 4.69) is 30.0 Å². The van der Waals surface area contributed by atoms with Gasteiger partial charge >= 0.3 is 5.97 Å². The summed E-state index contributed by atoms with van der Waals surface area (Å²) in [5.41, 5.74) is 4.26. The topological polar surface area (TPSA) is 38.8 Å². The fraction of sp³-hybridized carbons (Fsp3) is 0.435. The van der Waals surface area contributed by atoms with Gasteiger partial charge in [0.15, 0.2) is 0 Å². The summed E-state index contributed by atoms with van der Waals surface area (Å²) in [6.45, 7) is 6.77. The van der Waals surface area contributed by atoms with Crippen molar-refractivity contribution >= 4 is 11.7 Å². The number of para-hydroxylation sites is 1. The normalized spacial score (nSPS) is 12.8. The van der Waals surface area contributed by atoms with Gasteiger partial charge in [0.25, 0.3) is 0 Å². The lowest BCUT2D eigenvalue weighted by Crippen LogP contribution is -2.22. The first-order valence-corrected chi connectivity index (χ1v) is 10.0. The van der Waals surface area contributed by atoms with Gasteiger partial charge in [-0.2, -0.15) is 0 Å². The lowest BCUT2D eigenvalue weighted by atomic mass is 10.1. The van der Waals surface area contributed by atoms with Crippen LogP contribution in [0.1, 0.15) is 43.4 Å². The summed E-state index contributed by atoms with van der Waals surface area (Å²) in [6.07, 6.45) is 2.66. The Morgan fingerprint density at radius 2 is 2.04 bits per heavy atom. The molecule has 0 saturated carbocycles. The van der Waals surface area contributed by atoms with E-state index in [0.29, 0.717) is 30.9 Å². The van der Waals surface area contributed by atoms with Crippen molar-refractivity contribution in [3.05, 3.63) is 58.9 Å². The highest BCUT2D eigenvalue weighted by Crippen LogP contribution is 2.32. The Bertz CT molecular complexity index is 819. The molecular formula is C23H28FNO3. The number of carbonyl (C=O) groups excluding carboxylic acids is 1.